The predicted molar refractivity (Wildman–Crippen MR) is 59.0 cm³/mol. The Bertz CT molecular complexity index is 474. The SMILES string of the molecule is Cc1ccccc1-n1cc(C)c(CO)n1. The third-order valence-corrected chi connectivity index (χ3v) is 2.51. The molecule has 0 unspecified atom stereocenters. The molecule has 0 spiro atoms. The van der Waals surface area contributed by atoms with E-state index < -0.39 is 0 Å². The van der Waals surface area contributed by atoms with Crippen molar-refractivity contribution in [2.24, 2.45) is 0 Å². The first-order valence-corrected chi connectivity index (χ1v) is 4.94. The van der Waals surface area contributed by atoms with Gasteiger partial charge in [0.2, 0.25) is 0 Å². The van der Waals surface area contributed by atoms with Crippen LogP contribution < -0.4 is 0 Å². The van der Waals surface area contributed by atoms with Crippen molar-refractivity contribution in [3.63, 3.8) is 0 Å². The molecule has 0 aliphatic carbocycles. The molecule has 0 aliphatic rings. The van der Waals surface area contributed by atoms with Gasteiger partial charge in [0.1, 0.15) is 0 Å². The minimum Gasteiger partial charge on any atom is -0.390 e. The molecule has 1 heterocycles. The molecule has 1 N–H and O–H groups in total. The monoisotopic (exact) mass is 202 g/mol. The van der Waals surface area contributed by atoms with Gasteiger partial charge in [-0.3, -0.25) is 0 Å². The summed E-state index contributed by atoms with van der Waals surface area (Å²) >= 11 is 0. The van der Waals surface area contributed by atoms with Crippen LogP contribution in [0, 0.1) is 13.8 Å². The third kappa shape index (κ3) is 1.78. The van der Waals surface area contributed by atoms with Crippen molar-refractivity contribution in [3.8, 4) is 5.69 Å². The van der Waals surface area contributed by atoms with Gasteiger partial charge in [-0.05, 0) is 31.0 Å². The summed E-state index contributed by atoms with van der Waals surface area (Å²) in [6.07, 6.45) is 1.94. The van der Waals surface area contributed by atoms with E-state index in [1.165, 1.54) is 5.56 Å². The molecule has 3 nitrogen and oxygen atoms in total. The summed E-state index contributed by atoms with van der Waals surface area (Å²) in [4.78, 5) is 0. The molecular weight excluding hydrogens is 188 g/mol. The summed E-state index contributed by atoms with van der Waals surface area (Å²) in [6, 6.07) is 8.05. The van der Waals surface area contributed by atoms with Crippen LogP contribution in [0.15, 0.2) is 30.5 Å². The van der Waals surface area contributed by atoms with Gasteiger partial charge in [-0.2, -0.15) is 5.10 Å². The number of nitrogens with zero attached hydrogens (tertiary/aromatic N) is 2. The van der Waals surface area contributed by atoms with Crippen molar-refractivity contribution >= 4 is 0 Å². The molecule has 0 saturated heterocycles. The second kappa shape index (κ2) is 3.87. The van der Waals surface area contributed by atoms with Gasteiger partial charge in [0, 0.05) is 6.20 Å². The number of benzene rings is 1. The number of rotatable bonds is 2. The summed E-state index contributed by atoms with van der Waals surface area (Å²) in [6.45, 7) is 3.99. The zero-order valence-electron chi connectivity index (χ0n) is 8.94. The molecular formula is C12H14N2O. The Kier molecular flexibility index (Phi) is 2.56. The largest absolute Gasteiger partial charge is 0.390 e. The van der Waals surface area contributed by atoms with Crippen LogP contribution in [-0.2, 0) is 6.61 Å². The Balaban J connectivity index is 2.50. The van der Waals surface area contributed by atoms with Crippen LogP contribution in [0.2, 0.25) is 0 Å². The highest BCUT2D eigenvalue weighted by Crippen LogP contribution is 2.15. The van der Waals surface area contributed by atoms with Gasteiger partial charge in [-0.15, -0.1) is 0 Å². The number of aryl methyl sites for hydroxylation is 2. The van der Waals surface area contributed by atoms with Crippen molar-refractivity contribution in [3.05, 3.63) is 47.3 Å². The number of aromatic nitrogens is 2. The van der Waals surface area contributed by atoms with Crippen molar-refractivity contribution in [1.82, 2.24) is 9.78 Å². The quantitative estimate of drug-likeness (QED) is 0.808. The molecule has 2 aromatic rings. The Morgan fingerprint density at radius 1 is 1.20 bits per heavy atom. The molecule has 0 aliphatic heterocycles. The lowest BCUT2D eigenvalue weighted by Gasteiger charge is -2.04. The van der Waals surface area contributed by atoms with Gasteiger partial charge in [0.05, 0.1) is 18.0 Å². The van der Waals surface area contributed by atoms with Gasteiger partial charge >= 0.3 is 0 Å². The fourth-order valence-corrected chi connectivity index (χ4v) is 1.60. The van der Waals surface area contributed by atoms with E-state index in [2.05, 4.69) is 5.10 Å². The van der Waals surface area contributed by atoms with Crippen LogP contribution in [0.4, 0.5) is 0 Å². The minimum atomic E-state index is -0.00921. The third-order valence-electron chi connectivity index (χ3n) is 2.51. The highest BCUT2D eigenvalue weighted by molar-refractivity contribution is 5.40. The number of para-hydroxylation sites is 1. The van der Waals surface area contributed by atoms with Crippen molar-refractivity contribution in [1.29, 1.82) is 0 Å². The van der Waals surface area contributed by atoms with E-state index >= 15 is 0 Å². The van der Waals surface area contributed by atoms with Gasteiger partial charge in [-0.25, -0.2) is 4.68 Å². The average Bonchev–Trinajstić information content (AvgIpc) is 2.60. The van der Waals surface area contributed by atoms with Gasteiger partial charge < -0.3 is 5.11 Å². The van der Waals surface area contributed by atoms with Gasteiger partial charge in [0.15, 0.2) is 0 Å². The van der Waals surface area contributed by atoms with Crippen molar-refractivity contribution in [2.45, 2.75) is 20.5 Å². The van der Waals surface area contributed by atoms with Crippen LogP contribution in [0.25, 0.3) is 5.69 Å². The molecule has 0 fully saturated rings. The average molecular weight is 202 g/mol. The zero-order chi connectivity index (χ0) is 10.8. The first kappa shape index (κ1) is 9.93. The lowest BCUT2D eigenvalue weighted by atomic mass is 10.2. The summed E-state index contributed by atoms with van der Waals surface area (Å²) < 4.78 is 1.82. The maximum absolute atomic E-state index is 9.07. The zero-order valence-corrected chi connectivity index (χ0v) is 8.94. The Labute approximate surface area is 89.0 Å². The second-order valence-corrected chi connectivity index (χ2v) is 3.65. The number of hydrogen-bond acceptors (Lipinski definition) is 2. The topological polar surface area (TPSA) is 38.0 Å². The lowest BCUT2D eigenvalue weighted by molar-refractivity contribution is 0.275. The van der Waals surface area contributed by atoms with Gasteiger partial charge in [-0.1, -0.05) is 18.2 Å². The molecule has 78 valence electrons. The smallest absolute Gasteiger partial charge is 0.0912 e. The summed E-state index contributed by atoms with van der Waals surface area (Å²) in [7, 11) is 0. The Hall–Kier alpha value is -1.61. The second-order valence-electron chi connectivity index (χ2n) is 3.65. The van der Waals surface area contributed by atoms with Crippen LogP contribution in [0.3, 0.4) is 0 Å². The van der Waals surface area contributed by atoms with Crippen LogP contribution >= 0.6 is 0 Å². The number of hydrogen-bond donors (Lipinski definition) is 1. The number of aliphatic hydroxyl groups is 1. The molecule has 1 aromatic heterocycles. The van der Waals surface area contributed by atoms with Gasteiger partial charge in [0.25, 0.3) is 0 Å². The molecule has 3 heteroatoms. The molecule has 1 aromatic carbocycles. The highest BCUT2D eigenvalue weighted by atomic mass is 16.3. The molecule has 0 bridgehead atoms. The van der Waals surface area contributed by atoms with E-state index in [0.29, 0.717) is 0 Å². The van der Waals surface area contributed by atoms with E-state index in [4.69, 9.17) is 5.11 Å². The van der Waals surface area contributed by atoms with Crippen LogP contribution in [0.1, 0.15) is 16.8 Å². The van der Waals surface area contributed by atoms with E-state index in [1.54, 1.807) is 0 Å². The molecule has 2 rings (SSSR count). The summed E-state index contributed by atoms with van der Waals surface area (Å²) in [5.74, 6) is 0. The lowest BCUT2D eigenvalue weighted by Crippen LogP contribution is -1.98. The van der Waals surface area contributed by atoms with Crippen molar-refractivity contribution < 1.29 is 5.11 Å². The van der Waals surface area contributed by atoms with E-state index in [9.17, 15) is 0 Å². The highest BCUT2D eigenvalue weighted by Gasteiger charge is 2.06. The first-order chi connectivity index (χ1) is 7.22. The fourth-order valence-electron chi connectivity index (χ4n) is 1.60. The number of aliphatic hydroxyl groups excluding tert-OH is 1. The minimum absolute atomic E-state index is 0.00921. The molecule has 0 amide bonds. The maximum atomic E-state index is 9.07. The van der Waals surface area contributed by atoms with E-state index in [-0.39, 0.29) is 6.61 Å². The normalized spacial score (nSPS) is 10.6. The van der Waals surface area contributed by atoms with Crippen molar-refractivity contribution in [2.75, 3.05) is 0 Å². The fraction of sp³-hybridized carbons (Fsp3) is 0.250. The Morgan fingerprint density at radius 2 is 1.93 bits per heavy atom. The van der Waals surface area contributed by atoms with Crippen LogP contribution in [0.5, 0.6) is 0 Å². The standard InChI is InChI=1S/C12H14N2O/c1-9-5-3-4-6-12(9)14-7-10(2)11(8-15)13-14/h3-7,15H,8H2,1-2H3. The predicted octanol–water partition coefficient (Wildman–Crippen LogP) is 1.98. The van der Waals surface area contributed by atoms with Crippen LogP contribution in [-0.4, -0.2) is 14.9 Å². The molecule has 0 saturated carbocycles. The first-order valence-electron chi connectivity index (χ1n) is 4.94. The summed E-state index contributed by atoms with van der Waals surface area (Å²) in [5, 5.41) is 13.4. The van der Waals surface area contributed by atoms with E-state index in [1.807, 2.05) is 49.0 Å². The Morgan fingerprint density at radius 3 is 2.53 bits per heavy atom. The maximum Gasteiger partial charge on any atom is 0.0912 e. The molecule has 15 heavy (non-hydrogen) atoms. The van der Waals surface area contributed by atoms with E-state index in [0.717, 1.165) is 16.9 Å². The molecule has 0 radical (unpaired) electrons. The summed E-state index contributed by atoms with van der Waals surface area (Å²) in [5.41, 5.74) is 3.98. The molecule has 0 atom stereocenters.